The van der Waals surface area contributed by atoms with Gasteiger partial charge < -0.3 is 4.74 Å². The number of esters is 1. The number of carbonyl (C=O) groups is 2. The zero-order valence-corrected chi connectivity index (χ0v) is 19.9. The number of hydrogen-bond acceptors (Lipinski definition) is 4. The summed E-state index contributed by atoms with van der Waals surface area (Å²) in [6, 6.07) is 3.47. The molecule has 162 valence electrons. The molecule has 2 aromatic rings. The van der Waals surface area contributed by atoms with Gasteiger partial charge in [-0.15, -0.1) is 0 Å². The lowest BCUT2D eigenvalue weighted by molar-refractivity contribution is -0.134. The van der Waals surface area contributed by atoms with E-state index in [0.717, 1.165) is 22.3 Å². The number of benzene rings is 1. The standard InChI is InChI=1S/C24H31ClN2O3/c1-9-20(28)30-24-22(17(8)26-27(24)12-13(2)3)23(29)18-10-11-19(25)21(16(18)7)15(6)14(4)5/h10-11,13H,9,12H2,1-8H3. The summed E-state index contributed by atoms with van der Waals surface area (Å²) < 4.78 is 7.19. The number of allylic oxidation sites excluding steroid dienone is 2. The number of ether oxygens (including phenoxy) is 1. The lowest BCUT2D eigenvalue weighted by Gasteiger charge is -2.15. The lowest BCUT2D eigenvalue weighted by atomic mass is 9.91. The first kappa shape index (κ1) is 23.9. The normalized spacial score (nSPS) is 11.0. The highest BCUT2D eigenvalue weighted by Crippen LogP contribution is 2.34. The third-order valence-electron chi connectivity index (χ3n) is 5.13. The van der Waals surface area contributed by atoms with Crippen LogP contribution in [0.5, 0.6) is 5.88 Å². The number of hydrogen-bond donors (Lipinski definition) is 0. The first-order valence-electron chi connectivity index (χ1n) is 10.3. The van der Waals surface area contributed by atoms with Crippen LogP contribution >= 0.6 is 11.6 Å². The first-order valence-corrected chi connectivity index (χ1v) is 10.6. The minimum atomic E-state index is -0.400. The summed E-state index contributed by atoms with van der Waals surface area (Å²) in [7, 11) is 0. The summed E-state index contributed by atoms with van der Waals surface area (Å²) in [6.45, 7) is 16.0. The van der Waals surface area contributed by atoms with E-state index < -0.39 is 5.97 Å². The molecular weight excluding hydrogens is 400 g/mol. The predicted octanol–water partition coefficient (Wildman–Crippen LogP) is 6.17. The number of ketones is 1. The van der Waals surface area contributed by atoms with Crippen LogP contribution in [0.1, 0.15) is 80.7 Å². The van der Waals surface area contributed by atoms with E-state index in [0.29, 0.717) is 28.4 Å². The molecule has 1 heterocycles. The van der Waals surface area contributed by atoms with Gasteiger partial charge in [0, 0.05) is 23.6 Å². The smallest absolute Gasteiger partial charge is 0.312 e. The van der Waals surface area contributed by atoms with E-state index in [4.69, 9.17) is 16.3 Å². The molecule has 2 rings (SSSR count). The monoisotopic (exact) mass is 430 g/mol. The molecule has 0 unspecified atom stereocenters. The molecule has 5 nitrogen and oxygen atoms in total. The molecule has 0 spiro atoms. The summed E-state index contributed by atoms with van der Waals surface area (Å²) >= 11 is 6.47. The highest BCUT2D eigenvalue weighted by molar-refractivity contribution is 6.32. The van der Waals surface area contributed by atoms with Crippen molar-refractivity contribution in [2.45, 2.75) is 68.4 Å². The Bertz CT molecular complexity index is 1010. The van der Waals surface area contributed by atoms with Gasteiger partial charge in [-0.1, -0.05) is 37.9 Å². The number of nitrogens with zero attached hydrogens (tertiary/aromatic N) is 2. The van der Waals surface area contributed by atoms with Crippen LogP contribution in [0.15, 0.2) is 17.7 Å². The molecule has 0 saturated heterocycles. The minimum Gasteiger partial charge on any atom is -0.407 e. The van der Waals surface area contributed by atoms with Gasteiger partial charge in [-0.05, 0) is 69.4 Å². The molecule has 0 radical (unpaired) electrons. The van der Waals surface area contributed by atoms with Gasteiger partial charge in [0.15, 0.2) is 0 Å². The van der Waals surface area contributed by atoms with E-state index >= 15 is 0 Å². The Morgan fingerprint density at radius 2 is 1.77 bits per heavy atom. The molecule has 0 atom stereocenters. The van der Waals surface area contributed by atoms with Crippen molar-refractivity contribution >= 4 is 28.9 Å². The van der Waals surface area contributed by atoms with Crippen LogP contribution < -0.4 is 4.74 Å². The van der Waals surface area contributed by atoms with Gasteiger partial charge in [-0.25, -0.2) is 4.68 Å². The van der Waals surface area contributed by atoms with Gasteiger partial charge in [0.25, 0.3) is 0 Å². The van der Waals surface area contributed by atoms with Crippen molar-refractivity contribution in [3.05, 3.63) is 50.7 Å². The molecule has 0 N–H and O–H groups in total. The highest BCUT2D eigenvalue weighted by Gasteiger charge is 2.28. The second kappa shape index (κ2) is 9.61. The van der Waals surface area contributed by atoms with Crippen molar-refractivity contribution in [2.24, 2.45) is 5.92 Å². The highest BCUT2D eigenvalue weighted by atomic mass is 35.5. The van der Waals surface area contributed by atoms with Crippen molar-refractivity contribution in [1.82, 2.24) is 9.78 Å². The maximum Gasteiger partial charge on any atom is 0.312 e. The maximum absolute atomic E-state index is 13.6. The quantitative estimate of drug-likeness (QED) is 0.389. The minimum absolute atomic E-state index is 0.212. The molecular formula is C24H31ClN2O3. The van der Waals surface area contributed by atoms with Crippen LogP contribution in [-0.4, -0.2) is 21.5 Å². The van der Waals surface area contributed by atoms with Crippen molar-refractivity contribution in [1.29, 1.82) is 0 Å². The van der Waals surface area contributed by atoms with Gasteiger partial charge in [0.2, 0.25) is 11.7 Å². The Morgan fingerprint density at radius 1 is 1.13 bits per heavy atom. The summed E-state index contributed by atoms with van der Waals surface area (Å²) in [5, 5.41) is 5.11. The van der Waals surface area contributed by atoms with Gasteiger partial charge in [-0.3, -0.25) is 9.59 Å². The van der Waals surface area contributed by atoms with Crippen molar-refractivity contribution in [3.8, 4) is 5.88 Å². The summed E-state index contributed by atoms with van der Waals surface area (Å²) in [4.78, 5) is 25.7. The molecule has 0 aliphatic carbocycles. The van der Waals surface area contributed by atoms with Crippen molar-refractivity contribution in [3.63, 3.8) is 0 Å². The van der Waals surface area contributed by atoms with Crippen LogP contribution in [0.2, 0.25) is 5.02 Å². The fourth-order valence-corrected chi connectivity index (χ4v) is 3.69. The Hall–Kier alpha value is -2.40. The topological polar surface area (TPSA) is 61.2 Å². The first-order chi connectivity index (χ1) is 14.0. The third-order valence-corrected chi connectivity index (χ3v) is 5.44. The molecule has 1 aromatic carbocycles. The van der Waals surface area contributed by atoms with Crippen molar-refractivity contribution < 1.29 is 14.3 Å². The summed E-state index contributed by atoms with van der Waals surface area (Å²) in [6.07, 6.45) is 0.212. The molecule has 0 fully saturated rings. The van der Waals surface area contributed by atoms with E-state index in [-0.39, 0.29) is 24.0 Å². The fourth-order valence-electron chi connectivity index (χ4n) is 3.34. The van der Waals surface area contributed by atoms with E-state index in [1.807, 2.05) is 41.5 Å². The van der Waals surface area contributed by atoms with Crippen molar-refractivity contribution in [2.75, 3.05) is 0 Å². The second-order valence-corrected chi connectivity index (χ2v) is 8.63. The number of rotatable bonds is 7. The van der Waals surface area contributed by atoms with Crippen LogP contribution in [0.25, 0.3) is 5.57 Å². The number of carbonyl (C=O) groups excluding carboxylic acids is 2. The van der Waals surface area contributed by atoms with Gasteiger partial charge >= 0.3 is 5.97 Å². The molecule has 0 saturated carbocycles. The Balaban J connectivity index is 2.69. The van der Waals surface area contributed by atoms with E-state index in [9.17, 15) is 9.59 Å². The SMILES string of the molecule is CCC(=O)Oc1c(C(=O)c2ccc(Cl)c(C(C)=C(C)C)c2C)c(C)nn1CC(C)C. The fraction of sp³-hybridized carbons (Fsp3) is 0.458. The van der Waals surface area contributed by atoms with Crippen LogP contribution in [-0.2, 0) is 11.3 Å². The Labute approximate surface area is 184 Å². The number of aromatic nitrogens is 2. The zero-order chi connectivity index (χ0) is 22.7. The Kier molecular flexibility index (Phi) is 7.64. The number of halogens is 1. The van der Waals surface area contributed by atoms with Gasteiger partial charge in [-0.2, -0.15) is 5.10 Å². The molecule has 6 heteroatoms. The summed E-state index contributed by atoms with van der Waals surface area (Å²) in [5.74, 6) is -0.135. The lowest BCUT2D eigenvalue weighted by Crippen LogP contribution is -2.16. The van der Waals surface area contributed by atoms with E-state index in [1.165, 1.54) is 0 Å². The van der Waals surface area contributed by atoms with Gasteiger partial charge in [0.05, 0.1) is 5.69 Å². The maximum atomic E-state index is 13.6. The molecule has 0 amide bonds. The summed E-state index contributed by atoms with van der Waals surface area (Å²) in [5.41, 5.74) is 5.21. The molecule has 0 aliphatic heterocycles. The van der Waals surface area contributed by atoms with E-state index in [1.54, 1.807) is 30.7 Å². The zero-order valence-electron chi connectivity index (χ0n) is 19.1. The van der Waals surface area contributed by atoms with Crippen LogP contribution in [0.3, 0.4) is 0 Å². The average Bonchev–Trinajstić information content (AvgIpc) is 2.94. The van der Waals surface area contributed by atoms with Crippen LogP contribution in [0.4, 0.5) is 0 Å². The second-order valence-electron chi connectivity index (χ2n) is 8.22. The molecule has 1 aromatic heterocycles. The molecule has 30 heavy (non-hydrogen) atoms. The van der Waals surface area contributed by atoms with Crippen LogP contribution in [0, 0.1) is 19.8 Å². The largest absolute Gasteiger partial charge is 0.407 e. The third kappa shape index (κ3) is 4.84. The predicted molar refractivity (Wildman–Crippen MR) is 121 cm³/mol. The molecule has 0 bridgehead atoms. The average molecular weight is 431 g/mol. The number of aryl methyl sites for hydroxylation is 1. The van der Waals surface area contributed by atoms with E-state index in [2.05, 4.69) is 5.10 Å². The Morgan fingerprint density at radius 3 is 2.30 bits per heavy atom. The van der Waals surface area contributed by atoms with Gasteiger partial charge in [0.1, 0.15) is 5.56 Å². The molecule has 0 aliphatic rings.